The Morgan fingerprint density at radius 1 is 1.35 bits per heavy atom. The lowest BCUT2D eigenvalue weighted by Crippen LogP contribution is -2.15. The maximum atomic E-state index is 12.5. The molecule has 0 spiro atoms. The Kier molecular flexibility index (Phi) is 2.70. The van der Waals surface area contributed by atoms with Crippen molar-refractivity contribution >= 4 is 11.6 Å². The second-order valence-electron chi connectivity index (χ2n) is 3.13. The van der Waals surface area contributed by atoms with Crippen LogP contribution in [-0.4, -0.2) is 14.8 Å². The molecule has 2 aromatic rings. The zero-order valence-electron chi connectivity index (χ0n) is 8.12. The maximum absolute atomic E-state index is 12.5. The molecule has 2 heterocycles. The van der Waals surface area contributed by atoms with Crippen molar-refractivity contribution in [2.24, 2.45) is 0 Å². The van der Waals surface area contributed by atoms with Crippen molar-refractivity contribution in [2.75, 3.05) is 0 Å². The first-order valence-electron chi connectivity index (χ1n) is 4.40. The van der Waals surface area contributed by atoms with Gasteiger partial charge in [-0.2, -0.15) is 17.9 Å². The molecular formula is C9H5ClF3N3O. The van der Waals surface area contributed by atoms with E-state index in [1.54, 1.807) is 6.07 Å². The van der Waals surface area contributed by atoms with Crippen LogP contribution in [0.1, 0.15) is 5.69 Å². The van der Waals surface area contributed by atoms with Crippen molar-refractivity contribution in [3.8, 4) is 5.82 Å². The fourth-order valence-electron chi connectivity index (χ4n) is 1.25. The van der Waals surface area contributed by atoms with E-state index in [2.05, 4.69) is 4.98 Å². The Morgan fingerprint density at radius 3 is 2.53 bits per heavy atom. The van der Waals surface area contributed by atoms with Crippen molar-refractivity contribution in [3.63, 3.8) is 0 Å². The number of rotatable bonds is 1. The molecule has 0 bridgehead atoms. The van der Waals surface area contributed by atoms with Crippen LogP contribution in [0.4, 0.5) is 13.2 Å². The van der Waals surface area contributed by atoms with Gasteiger partial charge in [0.25, 0.3) is 5.56 Å². The highest BCUT2D eigenvalue weighted by Gasteiger charge is 2.37. The Labute approximate surface area is 97.6 Å². The predicted molar refractivity (Wildman–Crippen MR) is 54.2 cm³/mol. The van der Waals surface area contributed by atoms with Gasteiger partial charge in [0, 0.05) is 6.20 Å². The summed E-state index contributed by atoms with van der Waals surface area (Å²) in [6, 6.07) is 4.49. The van der Waals surface area contributed by atoms with Crippen LogP contribution < -0.4 is 5.56 Å². The fraction of sp³-hybridized carbons (Fsp3) is 0.111. The lowest BCUT2D eigenvalue weighted by molar-refractivity contribution is -0.141. The Hall–Kier alpha value is -1.76. The molecule has 0 fully saturated rings. The van der Waals surface area contributed by atoms with E-state index < -0.39 is 22.5 Å². The van der Waals surface area contributed by atoms with Gasteiger partial charge < -0.3 is 0 Å². The minimum atomic E-state index is -4.71. The summed E-state index contributed by atoms with van der Waals surface area (Å²) in [5, 5.41) is 0.991. The van der Waals surface area contributed by atoms with Gasteiger partial charge >= 0.3 is 6.18 Å². The number of aromatic amines is 1. The summed E-state index contributed by atoms with van der Waals surface area (Å²) < 4.78 is 38.1. The average Bonchev–Trinajstić information content (AvgIpc) is 2.57. The standard InChI is InChI=1S/C9H5ClF3N3O/c10-6-7(9(11,12)13)15-16(8(6)17)5-3-1-2-4-14-5/h1-4,15H. The molecule has 17 heavy (non-hydrogen) atoms. The molecule has 8 heteroatoms. The van der Waals surface area contributed by atoms with Crippen LogP contribution in [0, 0.1) is 0 Å². The minimum absolute atomic E-state index is 0.0369. The van der Waals surface area contributed by atoms with Gasteiger partial charge in [-0.15, -0.1) is 0 Å². The summed E-state index contributed by atoms with van der Waals surface area (Å²) >= 11 is 5.34. The van der Waals surface area contributed by atoms with E-state index in [1.807, 2.05) is 5.10 Å². The first-order valence-corrected chi connectivity index (χ1v) is 4.78. The van der Waals surface area contributed by atoms with E-state index in [0.29, 0.717) is 4.68 Å². The second-order valence-corrected chi connectivity index (χ2v) is 3.51. The molecule has 0 amide bonds. The average molecular weight is 264 g/mol. The normalized spacial score (nSPS) is 11.8. The molecule has 0 aliphatic rings. The molecule has 0 saturated heterocycles. The molecular weight excluding hydrogens is 259 g/mol. The van der Waals surface area contributed by atoms with Gasteiger partial charge in [0.05, 0.1) is 0 Å². The Bertz CT molecular complexity index is 588. The molecule has 0 unspecified atom stereocenters. The van der Waals surface area contributed by atoms with Crippen molar-refractivity contribution in [2.45, 2.75) is 6.18 Å². The van der Waals surface area contributed by atoms with Crippen molar-refractivity contribution in [3.05, 3.63) is 45.5 Å². The molecule has 0 atom stereocenters. The Morgan fingerprint density at radius 2 is 2.06 bits per heavy atom. The molecule has 0 radical (unpaired) electrons. The first-order chi connectivity index (χ1) is 7.91. The topological polar surface area (TPSA) is 50.7 Å². The molecule has 4 nitrogen and oxygen atoms in total. The van der Waals surface area contributed by atoms with E-state index in [0.717, 1.165) is 0 Å². The summed E-state index contributed by atoms with van der Waals surface area (Å²) in [7, 11) is 0. The van der Waals surface area contributed by atoms with Crippen molar-refractivity contribution in [1.82, 2.24) is 14.8 Å². The quantitative estimate of drug-likeness (QED) is 0.858. The molecule has 0 aliphatic heterocycles. The highest BCUT2D eigenvalue weighted by atomic mass is 35.5. The van der Waals surface area contributed by atoms with Crippen LogP contribution in [0.5, 0.6) is 0 Å². The van der Waals surface area contributed by atoms with E-state index in [9.17, 15) is 18.0 Å². The van der Waals surface area contributed by atoms with Gasteiger partial charge in [0.1, 0.15) is 5.02 Å². The monoisotopic (exact) mass is 263 g/mol. The van der Waals surface area contributed by atoms with E-state index in [4.69, 9.17) is 11.6 Å². The van der Waals surface area contributed by atoms with Gasteiger partial charge in [0.2, 0.25) is 0 Å². The molecule has 2 aromatic heterocycles. The van der Waals surface area contributed by atoms with E-state index in [-0.39, 0.29) is 5.82 Å². The minimum Gasteiger partial charge on any atom is -0.284 e. The van der Waals surface area contributed by atoms with E-state index >= 15 is 0 Å². The number of H-pyrrole nitrogens is 1. The molecule has 2 rings (SSSR count). The van der Waals surface area contributed by atoms with Crippen LogP contribution in [0.2, 0.25) is 5.02 Å². The van der Waals surface area contributed by atoms with Gasteiger partial charge in [0.15, 0.2) is 11.5 Å². The number of nitrogens with zero attached hydrogens (tertiary/aromatic N) is 2. The zero-order valence-corrected chi connectivity index (χ0v) is 8.88. The van der Waals surface area contributed by atoms with Gasteiger partial charge in [-0.1, -0.05) is 17.7 Å². The largest absolute Gasteiger partial charge is 0.434 e. The van der Waals surface area contributed by atoms with Gasteiger partial charge in [-0.25, -0.2) is 4.98 Å². The maximum Gasteiger partial charge on any atom is 0.434 e. The van der Waals surface area contributed by atoms with Crippen molar-refractivity contribution < 1.29 is 13.2 Å². The lowest BCUT2D eigenvalue weighted by Gasteiger charge is -2.03. The third-order valence-corrected chi connectivity index (χ3v) is 2.35. The van der Waals surface area contributed by atoms with Crippen LogP contribution >= 0.6 is 11.6 Å². The number of hydrogen-bond donors (Lipinski definition) is 1. The van der Waals surface area contributed by atoms with Gasteiger partial charge in [-0.05, 0) is 12.1 Å². The molecule has 1 N–H and O–H groups in total. The number of hydrogen-bond acceptors (Lipinski definition) is 2. The summed E-state index contributed by atoms with van der Waals surface area (Å²) in [6.07, 6.45) is -3.36. The van der Waals surface area contributed by atoms with Gasteiger partial charge in [-0.3, -0.25) is 9.89 Å². The number of halogens is 4. The number of aromatic nitrogens is 3. The summed E-state index contributed by atoms with van der Waals surface area (Å²) in [5.74, 6) is 0.0369. The number of pyridine rings is 1. The van der Waals surface area contributed by atoms with E-state index in [1.165, 1.54) is 18.3 Å². The summed E-state index contributed by atoms with van der Waals surface area (Å²) in [5.41, 5.74) is -2.27. The number of nitrogens with one attached hydrogen (secondary N) is 1. The lowest BCUT2D eigenvalue weighted by atomic mass is 10.4. The Balaban J connectivity index is 2.63. The smallest absolute Gasteiger partial charge is 0.284 e. The number of alkyl halides is 3. The SMILES string of the molecule is O=c1c(Cl)c(C(F)(F)F)[nH]n1-c1ccccn1. The predicted octanol–water partition coefficient (Wildman–Crippen LogP) is 2.23. The third-order valence-electron chi connectivity index (χ3n) is 2.00. The summed E-state index contributed by atoms with van der Waals surface area (Å²) in [6.45, 7) is 0. The summed E-state index contributed by atoms with van der Waals surface area (Å²) in [4.78, 5) is 15.2. The molecule has 0 saturated carbocycles. The van der Waals surface area contributed by atoms with Crippen LogP contribution in [0.15, 0.2) is 29.2 Å². The van der Waals surface area contributed by atoms with Crippen LogP contribution in [0.25, 0.3) is 5.82 Å². The first kappa shape index (κ1) is 11.7. The molecule has 0 aromatic carbocycles. The molecule has 0 aliphatic carbocycles. The second kappa shape index (κ2) is 3.92. The van der Waals surface area contributed by atoms with Crippen LogP contribution in [0.3, 0.4) is 0 Å². The van der Waals surface area contributed by atoms with Crippen molar-refractivity contribution in [1.29, 1.82) is 0 Å². The third kappa shape index (κ3) is 2.05. The zero-order chi connectivity index (χ0) is 12.6. The van der Waals surface area contributed by atoms with Crippen LogP contribution in [-0.2, 0) is 6.18 Å². The fourth-order valence-corrected chi connectivity index (χ4v) is 1.49. The highest BCUT2D eigenvalue weighted by molar-refractivity contribution is 6.31. The highest BCUT2D eigenvalue weighted by Crippen LogP contribution is 2.31. The molecule has 90 valence electrons.